The molecule has 94 valence electrons. The van der Waals surface area contributed by atoms with Crippen LogP contribution >= 0.6 is 35.0 Å². The number of hydrogen-bond acceptors (Lipinski definition) is 3. The molecule has 1 heterocycles. The Bertz CT molecular complexity index is 513. The summed E-state index contributed by atoms with van der Waals surface area (Å²) in [5.74, 6) is 1.65. The first-order chi connectivity index (χ1) is 8.01. The molecule has 0 atom stereocenters. The predicted molar refractivity (Wildman–Crippen MR) is 72.5 cm³/mol. The van der Waals surface area contributed by atoms with Crippen LogP contribution in [0.3, 0.4) is 0 Å². The highest BCUT2D eigenvalue weighted by Crippen LogP contribution is 2.28. The summed E-state index contributed by atoms with van der Waals surface area (Å²) in [6.45, 7) is 1.07. The van der Waals surface area contributed by atoms with E-state index >= 15 is 0 Å². The molecule has 0 aliphatic carbocycles. The first-order valence-corrected chi connectivity index (χ1v) is 8.40. The number of halogens is 2. The van der Waals surface area contributed by atoms with Gasteiger partial charge in [0.2, 0.25) is 10.0 Å². The molecular weight excluding hydrogens is 301 g/mol. The Kier molecular flexibility index (Phi) is 4.26. The van der Waals surface area contributed by atoms with Gasteiger partial charge in [-0.05, 0) is 18.2 Å². The Labute approximate surface area is 115 Å². The summed E-state index contributed by atoms with van der Waals surface area (Å²) >= 11 is 13.5. The van der Waals surface area contributed by atoms with E-state index in [4.69, 9.17) is 23.2 Å². The van der Waals surface area contributed by atoms with Crippen molar-refractivity contribution < 1.29 is 8.42 Å². The van der Waals surface area contributed by atoms with E-state index in [2.05, 4.69) is 0 Å². The molecule has 0 spiro atoms. The van der Waals surface area contributed by atoms with Crippen molar-refractivity contribution in [1.29, 1.82) is 0 Å². The smallest absolute Gasteiger partial charge is 0.207 e. The van der Waals surface area contributed by atoms with E-state index in [1.54, 1.807) is 17.8 Å². The lowest BCUT2D eigenvalue weighted by molar-refractivity contribution is 0.443. The highest BCUT2D eigenvalue weighted by Gasteiger charge is 2.27. The minimum Gasteiger partial charge on any atom is -0.207 e. The van der Waals surface area contributed by atoms with E-state index in [0.29, 0.717) is 18.1 Å². The van der Waals surface area contributed by atoms with Crippen LogP contribution in [0.5, 0.6) is 0 Å². The van der Waals surface area contributed by atoms with Crippen molar-refractivity contribution in [3.8, 4) is 0 Å². The standard InChI is InChI=1S/C10H11Cl2NO2S2/c11-8-1-2-10(9(12)7-8)17(14,15)13-3-5-16-6-4-13/h1-2,7H,3-6H2. The Hall–Kier alpha value is 0.0600. The Morgan fingerprint density at radius 2 is 1.82 bits per heavy atom. The van der Waals surface area contributed by atoms with Crippen molar-refractivity contribution in [2.75, 3.05) is 24.6 Å². The molecule has 0 amide bonds. The minimum atomic E-state index is -3.48. The molecule has 0 N–H and O–H groups in total. The number of hydrogen-bond donors (Lipinski definition) is 0. The monoisotopic (exact) mass is 311 g/mol. The maximum Gasteiger partial charge on any atom is 0.244 e. The van der Waals surface area contributed by atoms with Gasteiger partial charge in [0.1, 0.15) is 4.90 Å². The zero-order chi connectivity index (χ0) is 12.5. The van der Waals surface area contributed by atoms with E-state index in [0.717, 1.165) is 11.5 Å². The van der Waals surface area contributed by atoms with Crippen LogP contribution in [0.4, 0.5) is 0 Å². The van der Waals surface area contributed by atoms with Crippen molar-refractivity contribution in [2.45, 2.75) is 4.90 Å². The van der Waals surface area contributed by atoms with Crippen LogP contribution in [0, 0.1) is 0 Å². The summed E-state index contributed by atoms with van der Waals surface area (Å²) in [6.07, 6.45) is 0. The van der Waals surface area contributed by atoms with Crippen molar-refractivity contribution in [3.63, 3.8) is 0 Å². The maximum absolute atomic E-state index is 12.3. The van der Waals surface area contributed by atoms with Crippen molar-refractivity contribution in [2.24, 2.45) is 0 Å². The van der Waals surface area contributed by atoms with Gasteiger partial charge in [0.15, 0.2) is 0 Å². The summed E-state index contributed by atoms with van der Waals surface area (Å²) in [7, 11) is -3.48. The molecule has 1 saturated heterocycles. The Morgan fingerprint density at radius 1 is 1.18 bits per heavy atom. The van der Waals surface area contributed by atoms with Gasteiger partial charge in [-0.25, -0.2) is 8.42 Å². The fourth-order valence-corrected chi connectivity index (χ4v) is 4.93. The highest BCUT2D eigenvalue weighted by atomic mass is 35.5. The second-order valence-corrected chi connectivity index (χ2v) is 7.57. The normalized spacial score (nSPS) is 18.2. The Balaban J connectivity index is 2.37. The SMILES string of the molecule is O=S(=O)(c1ccc(Cl)cc1Cl)N1CCSCC1. The van der Waals surface area contributed by atoms with Crippen molar-refractivity contribution in [3.05, 3.63) is 28.2 Å². The minimum absolute atomic E-state index is 0.135. The van der Waals surface area contributed by atoms with Crippen LogP contribution in [-0.2, 0) is 10.0 Å². The molecule has 2 rings (SSSR count). The quantitative estimate of drug-likeness (QED) is 0.843. The van der Waals surface area contributed by atoms with Gasteiger partial charge < -0.3 is 0 Å². The van der Waals surface area contributed by atoms with Crippen molar-refractivity contribution >= 4 is 45.0 Å². The molecule has 0 radical (unpaired) electrons. The van der Waals surface area contributed by atoms with E-state index in [1.165, 1.54) is 16.4 Å². The zero-order valence-corrected chi connectivity index (χ0v) is 12.0. The van der Waals surface area contributed by atoms with Gasteiger partial charge in [-0.1, -0.05) is 23.2 Å². The average Bonchev–Trinajstić information content (AvgIpc) is 2.29. The molecule has 1 aromatic carbocycles. The van der Waals surface area contributed by atoms with Crippen LogP contribution in [0.2, 0.25) is 10.0 Å². The summed E-state index contributed by atoms with van der Waals surface area (Å²) in [5.41, 5.74) is 0. The lowest BCUT2D eigenvalue weighted by Gasteiger charge is -2.25. The van der Waals surface area contributed by atoms with Gasteiger partial charge in [-0.2, -0.15) is 16.1 Å². The second kappa shape index (κ2) is 5.36. The lowest BCUT2D eigenvalue weighted by atomic mass is 10.4. The molecular formula is C10H11Cl2NO2S2. The van der Waals surface area contributed by atoms with Gasteiger partial charge in [0.05, 0.1) is 5.02 Å². The second-order valence-electron chi connectivity index (χ2n) is 3.59. The topological polar surface area (TPSA) is 37.4 Å². The van der Waals surface area contributed by atoms with Gasteiger partial charge in [0.25, 0.3) is 0 Å². The summed E-state index contributed by atoms with van der Waals surface area (Å²) in [4.78, 5) is 0.135. The molecule has 1 fully saturated rings. The van der Waals surface area contributed by atoms with Gasteiger partial charge in [-0.3, -0.25) is 0 Å². The predicted octanol–water partition coefficient (Wildman–Crippen LogP) is 2.73. The zero-order valence-electron chi connectivity index (χ0n) is 8.90. The lowest BCUT2D eigenvalue weighted by Crippen LogP contribution is -2.37. The van der Waals surface area contributed by atoms with Gasteiger partial charge in [-0.15, -0.1) is 0 Å². The molecule has 3 nitrogen and oxygen atoms in total. The van der Waals surface area contributed by atoms with E-state index in [-0.39, 0.29) is 9.92 Å². The van der Waals surface area contributed by atoms with Gasteiger partial charge >= 0.3 is 0 Å². The fourth-order valence-electron chi connectivity index (χ4n) is 1.61. The van der Waals surface area contributed by atoms with Gasteiger partial charge in [0, 0.05) is 29.6 Å². The molecule has 1 aliphatic rings. The van der Waals surface area contributed by atoms with Crippen LogP contribution in [0.1, 0.15) is 0 Å². The molecule has 0 saturated carbocycles. The number of rotatable bonds is 2. The summed E-state index contributed by atoms with van der Waals surface area (Å²) in [5, 5.41) is 0.610. The largest absolute Gasteiger partial charge is 0.244 e. The number of benzene rings is 1. The third-order valence-electron chi connectivity index (χ3n) is 2.48. The van der Waals surface area contributed by atoms with Crippen LogP contribution in [0.25, 0.3) is 0 Å². The van der Waals surface area contributed by atoms with E-state index in [1.807, 2.05) is 0 Å². The van der Waals surface area contributed by atoms with Crippen molar-refractivity contribution in [1.82, 2.24) is 4.31 Å². The third kappa shape index (κ3) is 2.90. The van der Waals surface area contributed by atoms with Crippen LogP contribution in [-0.4, -0.2) is 37.3 Å². The molecule has 7 heteroatoms. The number of nitrogens with zero attached hydrogens (tertiary/aromatic N) is 1. The molecule has 0 unspecified atom stereocenters. The van der Waals surface area contributed by atoms with Crippen LogP contribution < -0.4 is 0 Å². The Morgan fingerprint density at radius 3 is 2.41 bits per heavy atom. The highest BCUT2D eigenvalue weighted by molar-refractivity contribution is 7.99. The van der Waals surface area contributed by atoms with E-state index < -0.39 is 10.0 Å². The fraction of sp³-hybridized carbons (Fsp3) is 0.400. The molecule has 1 aliphatic heterocycles. The summed E-state index contributed by atoms with van der Waals surface area (Å²) in [6, 6.07) is 4.45. The molecule has 0 aromatic heterocycles. The van der Waals surface area contributed by atoms with Crippen LogP contribution in [0.15, 0.2) is 23.1 Å². The molecule has 17 heavy (non-hydrogen) atoms. The average molecular weight is 312 g/mol. The summed E-state index contributed by atoms with van der Waals surface area (Å²) < 4.78 is 26.1. The third-order valence-corrected chi connectivity index (χ3v) is 6.04. The first kappa shape index (κ1) is 13.5. The maximum atomic E-state index is 12.3. The molecule has 0 bridgehead atoms. The van der Waals surface area contributed by atoms with E-state index in [9.17, 15) is 8.42 Å². The number of sulfonamides is 1. The molecule has 1 aromatic rings. The first-order valence-electron chi connectivity index (χ1n) is 5.05. The number of thioether (sulfide) groups is 1.